The summed E-state index contributed by atoms with van der Waals surface area (Å²) in [6.45, 7) is 1.19. The highest BCUT2D eigenvalue weighted by Crippen LogP contribution is 2.39. The highest BCUT2D eigenvalue weighted by molar-refractivity contribution is 5.85. The average molecular weight is 376 g/mol. The molecule has 2 aromatic rings. The quantitative estimate of drug-likeness (QED) is 0.856. The van der Waals surface area contributed by atoms with E-state index in [1.165, 1.54) is 19.2 Å². The van der Waals surface area contributed by atoms with Crippen LogP contribution in [0.4, 0.5) is 13.2 Å². The Balaban J connectivity index is 0.00000225. The SMILES string of the molecule is COc1ccccc1-c1ccc(OC2CNC2)c(OC(F)(F)F)c1.Cl. The molecule has 1 fully saturated rings. The minimum absolute atomic E-state index is 0. The first-order valence-corrected chi connectivity index (χ1v) is 7.37. The number of rotatable bonds is 5. The second-order valence-corrected chi connectivity index (χ2v) is 5.31. The third-order valence-corrected chi connectivity index (χ3v) is 3.63. The predicted octanol–water partition coefficient (Wildman–Crippen LogP) is 4.03. The zero-order valence-corrected chi connectivity index (χ0v) is 14.1. The number of ether oxygens (including phenoxy) is 3. The summed E-state index contributed by atoms with van der Waals surface area (Å²) in [6, 6.07) is 11.6. The van der Waals surface area contributed by atoms with E-state index in [-0.39, 0.29) is 30.0 Å². The molecule has 0 aliphatic carbocycles. The summed E-state index contributed by atoms with van der Waals surface area (Å²) in [5, 5.41) is 3.00. The Labute approximate surface area is 149 Å². The molecule has 0 saturated carbocycles. The lowest BCUT2D eigenvalue weighted by Gasteiger charge is -2.28. The van der Waals surface area contributed by atoms with E-state index in [4.69, 9.17) is 9.47 Å². The smallest absolute Gasteiger partial charge is 0.496 e. The molecule has 0 radical (unpaired) electrons. The molecule has 136 valence electrons. The van der Waals surface area contributed by atoms with Crippen molar-refractivity contribution in [3.63, 3.8) is 0 Å². The van der Waals surface area contributed by atoms with Crippen molar-refractivity contribution in [3.05, 3.63) is 42.5 Å². The molecule has 1 aliphatic rings. The van der Waals surface area contributed by atoms with E-state index in [1.54, 1.807) is 30.3 Å². The number of benzene rings is 2. The van der Waals surface area contributed by atoms with E-state index in [2.05, 4.69) is 10.1 Å². The molecular formula is C17H17ClF3NO3. The van der Waals surface area contributed by atoms with Crippen molar-refractivity contribution in [2.24, 2.45) is 0 Å². The van der Waals surface area contributed by atoms with Gasteiger partial charge in [0, 0.05) is 18.7 Å². The van der Waals surface area contributed by atoms with Crippen LogP contribution in [0.25, 0.3) is 11.1 Å². The summed E-state index contributed by atoms with van der Waals surface area (Å²) in [5.41, 5.74) is 1.22. The van der Waals surface area contributed by atoms with Crippen LogP contribution >= 0.6 is 12.4 Å². The molecule has 0 spiro atoms. The van der Waals surface area contributed by atoms with Crippen LogP contribution in [0.1, 0.15) is 0 Å². The van der Waals surface area contributed by atoms with Crippen LogP contribution in [-0.2, 0) is 0 Å². The molecule has 0 bridgehead atoms. The van der Waals surface area contributed by atoms with Crippen molar-refractivity contribution < 1.29 is 27.4 Å². The van der Waals surface area contributed by atoms with Crippen LogP contribution in [0.5, 0.6) is 17.2 Å². The molecule has 1 N–H and O–H groups in total. The van der Waals surface area contributed by atoms with Gasteiger partial charge in [0.15, 0.2) is 11.5 Å². The van der Waals surface area contributed by atoms with E-state index in [9.17, 15) is 13.2 Å². The van der Waals surface area contributed by atoms with E-state index >= 15 is 0 Å². The van der Waals surface area contributed by atoms with E-state index < -0.39 is 6.36 Å². The highest BCUT2D eigenvalue weighted by Gasteiger charge is 2.33. The lowest BCUT2D eigenvalue weighted by molar-refractivity contribution is -0.275. The van der Waals surface area contributed by atoms with Gasteiger partial charge in [-0.05, 0) is 23.8 Å². The van der Waals surface area contributed by atoms with Crippen LogP contribution in [-0.4, -0.2) is 32.7 Å². The van der Waals surface area contributed by atoms with Crippen LogP contribution in [0.3, 0.4) is 0 Å². The fourth-order valence-electron chi connectivity index (χ4n) is 2.39. The Morgan fingerprint density at radius 1 is 1.00 bits per heavy atom. The van der Waals surface area contributed by atoms with E-state index in [0.29, 0.717) is 30.0 Å². The minimum Gasteiger partial charge on any atom is -0.496 e. The molecule has 3 rings (SSSR count). The van der Waals surface area contributed by atoms with Crippen molar-refractivity contribution in [1.82, 2.24) is 5.32 Å². The summed E-state index contributed by atoms with van der Waals surface area (Å²) < 4.78 is 53.1. The molecule has 0 atom stereocenters. The predicted molar refractivity (Wildman–Crippen MR) is 89.6 cm³/mol. The first kappa shape index (κ1) is 19.2. The summed E-state index contributed by atoms with van der Waals surface area (Å²) in [7, 11) is 1.51. The molecule has 0 amide bonds. The topological polar surface area (TPSA) is 39.7 Å². The Morgan fingerprint density at radius 2 is 1.72 bits per heavy atom. The second-order valence-electron chi connectivity index (χ2n) is 5.31. The zero-order chi connectivity index (χ0) is 17.2. The lowest BCUT2D eigenvalue weighted by atomic mass is 10.0. The number of alkyl halides is 3. The van der Waals surface area contributed by atoms with Crippen LogP contribution in [0, 0.1) is 0 Å². The summed E-state index contributed by atoms with van der Waals surface area (Å²) in [4.78, 5) is 0. The largest absolute Gasteiger partial charge is 0.573 e. The van der Waals surface area contributed by atoms with Gasteiger partial charge in [0.1, 0.15) is 11.9 Å². The number of nitrogens with one attached hydrogen (secondary N) is 1. The van der Waals surface area contributed by atoms with Crippen molar-refractivity contribution in [3.8, 4) is 28.4 Å². The van der Waals surface area contributed by atoms with Crippen molar-refractivity contribution >= 4 is 12.4 Å². The number of para-hydroxylation sites is 1. The van der Waals surface area contributed by atoms with Gasteiger partial charge >= 0.3 is 6.36 Å². The molecule has 4 nitrogen and oxygen atoms in total. The fourth-order valence-corrected chi connectivity index (χ4v) is 2.39. The van der Waals surface area contributed by atoms with Crippen LogP contribution in [0.15, 0.2) is 42.5 Å². The molecular weight excluding hydrogens is 359 g/mol. The number of halogens is 4. The zero-order valence-electron chi connectivity index (χ0n) is 13.3. The third-order valence-electron chi connectivity index (χ3n) is 3.63. The molecule has 1 aliphatic heterocycles. The lowest BCUT2D eigenvalue weighted by Crippen LogP contribution is -2.50. The first-order chi connectivity index (χ1) is 11.5. The summed E-state index contributed by atoms with van der Waals surface area (Å²) in [6.07, 6.45) is -4.95. The summed E-state index contributed by atoms with van der Waals surface area (Å²) in [5.74, 6) is 0.266. The third kappa shape index (κ3) is 4.70. The molecule has 8 heteroatoms. The molecule has 1 heterocycles. The van der Waals surface area contributed by atoms with Crippen LogP contribution in [0.2, 0.25) is 0 Å². The standard InChI is InChI=1S/C17H16F3NO3.ClH/c1-22-14-5-3-2-4-13(14)11-6-7-15(23-12-9-21-10-12)16(8-11)24-17(18,19)20;/h2-8,12,21H,9-10H2,1H3;1H. The number of hydrogen-bond donors (Lipinski definition) is 1. The highest BCUT2D eigenvalue weighted by atomic mass is 35.5. The second kappa shape index (κ2) is 7.84. The van der Waals surface area contributed by atoms with Gasteiger partial charge < -0.3 is 19.5 Å². The van der Waals surface area contributed by atoms with Gasteiger partial charge in [0.05, 0.1) is 7.11 Å². The van der Waals surface area contributed by atoms with Crippen LogP contribution < -0.4 is 19.5 Å². The monoisotopic (exact) mass is 375 g/mol. The van der Waals surface area contributed by atoms with Gasteiger partial charge in [0.2, 0.25) is 0 Å². The maximum absolute atomic E-state index is 12.7. The van der Waals surface area contributed by atoms with Crippen molar-refractivity contribution in [1.29, 1.82) is 0 Å². The molecule has 2 aromatic carbocycles. The Bertz CT molecular complexity index is 721. The Morgan fingerprint density at radius 3 is 2.32 bits per heavy atom. The maximum Gasteiger partial charge on any atom is 0.573 e. The van der Waals surface area contributed by atoms with Gasteiger partial charge in [-0.2, -0.15) is 0 Å². The normalized spacial score (nSPS) is 14.2. The van der Waals surface area contributed by atoms with Crippen molar-refractivity contribution in [2.45, 2.75) is 12.5 Å². The number of hydrogen-bond acceptors (Lipinski definition) is 4. The Hall–Kier alpha value is -2.12. The van der Waals surface area contributed by atoms with Gasteiger partial charge in [-0.1, -0.05) is 24.3 Å². The van der Waals surface area contributed by atoms with E-state index in [1.807, 2.05) is 0 Å². The fraction of sp³-hybridized carbons (Fsp3) is 0.294. The molecule has 0 aromatic heterocycles. The van der Waals surface area contributed by atoms with Gasteiger partial charge in [-0.15, -0.1) is 25.6 Å². The van der Waals surface area contributed by atoms with E-state index in [0.717, 1.165) is 0 Å². The average Bonchev–Trinajstić information content (AvgIpc) is 2.50. The van der Waals surface area contributed by atoms with Gasteiger partial charge in [-0.25, -0.2) is 0 Å². The molecule has 25 heavy (non-hydrogen) atoms. The maximum atomic E-state index is 12.7. The van der Waals surface area contributed by atoms with Crippen molar-refractivity contribution in [2.75, 3.05) is 20.2 Å². The first-order valence-electron chi connectivity index (χ1n) is 7.37. The van der Waals surface area contributed by atoms with Gasteiger partial charge in [-0.3, -0.25) is 0 Å². The molecule has 0 unspecified atom stereocenters. The van der Waals surface area contributed by atoms with Gasteiger partial charge in [0.25, 0.3) is 0 Å². The minimum atomic E-state index is -4.80. The summed E-state index contributed by atoms with van der Waals surface area (Å²) >= 11 is 0. The molecule has 1 saturated heterocycles. The Kier molecular flexibility index (Phi) is 6.02. The number of methoxy groups -OCH3 is 1.